The topological polar surface area (TPSA) is 58.2 Å². The molecule has 0 bridgehead atoms. The third-order valence-electron chi connectivity index (χ3n) is 4.09. The van der Waals surface area contributed by atoms with E-state index in [1.807, 2.05) is 24.3 Å². The minimum Gasteiger partial charge on any atom is -0.322 e. The van der Waals surface area contributed by atoms with Crippen molar-refractivity contribution >= 4 is 23.2 Å². The van der Waals surface area contributed by atoms with Gasteiger partial charge in [-0.15, -0.1) is 0 Å². The van der Waals surface area contributed by atoms with E-state index in [-0.39, 0.29) is 5.91 Å². The Hall–Kier alpha value is -3.47. The molecule has 0 heterocycles. The smallest absolute Gasteiger partial charge is 0.255 e. The van der Waals surface area contributed by atoms with E-state index in [9.17, 15) is 14.0 Å². The van der Waals surface area contributed by atoms with E-state index < -0.39 is 11.7 Å². The average Bonchev–Trinajstić information content (AvgIpc) is 2.68. The third kappa shape index (κ3) is 4.79. The van der Waals surface area contributed by atoms with Crippen LogP contribution in [0, 0.1) is 5.82 Å². The minimum atomic E-state index is -0.435. The van der Waals surface area contributed by atoms with Crippen LogP contribution >= 0.6 is 0 Å². The number of aryl methyl sites for hydroxylation is 1. The van der Waals surface area contributed by atoms with E-state index in [4.69, 9.17) is 0 Å². The van der Waals surface area contributed by atoms with E-state index in [1.54, 1.807) is 24.3 Å². The summed E-state index contributed by atoms with van der Waals surface area (Å²) in [5.74, 6) is -1.16. The Labute approximate surface area is 157 Å². The maximum atomic E-state index is 13.2. The summed E-state index contributed by atoms with van der Waals surface area (Å²) in [6.45, 7) is 2.06. The lowest BCUT2D eigenvalue weighted by Crippen LogP contribution is -2.15. The Morgan fingerprint density at radius 1 is 0.778 bits per heavy atom. The van der Waals surface area contributed by atoms with Gasteiger partial charge < -0.3 is 10.6 Å². The third-order valence-corrected chi connectivity index (χ3v) is 4.09. The number of amides is 2. The fourth-order valence-corrected chi connectivity index (χ4v) is 2.60. The van der Waals surface area contributed by atoms with Crippen LogP contribution in [0.25, 0.3) is 0 Å². The summed E-state index contributed by atoms with van der Waals surface area (Å²) in [4.78, 5) is 24.8. The first-order valence-electron chi connectivity index (χ1n) is 8.62. The van der Waals surface area contributed by atoms with Gasteiger partial charge in [0, 0.05) is 22.5 Å². The summed E-state index contributed by atoms with van der Waals surface area (Å²) in [5, 5.41) is 5.43. The number of carbonyl (C=O) groups excluding carboxylic acids is 2. The van der Waals surface area contributed by atoms with Crippen LogP contribution in [0.5, 0.6) is 0 Å². The lowest BCUT2D eigenvalue weighted by molar-refractivity contribution is 0.102. The van der Waals surface area contributed by atoms with Gasteiger partial charge in [0.05, 0.1) is 0 Å². The molecular formula is C22H19FN2O2. The van der Waals surface area contributed by atoms with Crippen LogP contribution in [-0.2, 0) is 6.42 Å². The number of nitrogens with one attached hydrogen (secondary N) is 2. The highest BCUT2D eigenvalue weighted by Crippen LogP contribution is 2.15. The molecule has 2 N–H and O–H groups in total. The molecule has 0 spiro atoms. The van der Waals surface area contributed by atoms with E-state index in [0.29, 0.717) is 22.5 Å². The van der Waals surface area contributed by atoms with E-state index in [0.717, 1.165) is 6.42 Å². The largest absolute Gasteiger partial charge is 0.322 e. The molecule has 0 saturated carbocycles. The number of carbonyl (C=O) groups is 2. The van der Waals surface area contributed by atoms with Crippen LogP contribution in [0.3, 0.4) is 0 Å². The van der Waals surface area contributed by atoms with Crippen LogP contribution < -0.4 is 10.6 Å². The SMILES string of the molecule is CCc1ccc(NC(=O)c2cccc(C(=O)Nc3cccc(F)c3)c2)cc1. The van der Waals surface area contributed by atoms with Crippen LogP contribution in [-0.4, -0.2) is 11.8 Å². The summed E-state index contributed by atoms with van der Waals surface area (Å²) in [5.41, 5.74) is 2.90. The average molecular weight is 362 g/mol. The van der Waals surface area contributed by atoms with E-state index in [1.165, 1.54) is 29.8 Å². The molecule has 136 valence electrons. The molecule has 0 aromatic heterocycles. The number of benzene rings is 3. The van der Waals surface area contributed by atoms with Crippen molar-refractivity contribution in [2.75, 3.05) is 10.6 Å². The molecule has 2 amide bonds. The zero-order valence-electron chi connectivity index (χ0n) is 14.8. The van der Waals surface area contributed by atoms with Gasteiger partial charge in [-0.3, -0.25) is 9.59 Å². The van der Waals surface area contributed by atoms with Gasteiger partial charge in [-0.2, -0.15) is 0 Å². The lowest BCUT2D eigenvalue weighted by atomic mass is 10.1. The van der Waals surface area contributed by atoms with Gasteiger partial charge in [0.25, 0.3) is 11.8 Å². The summed E-state index contributed by atoms with van der Waals surface area (Å²) < 4.78 is 13.2. The maximum Gasteiger partial charge on any atom is 0.255 e. The van der Waals surface area contributed by atoms with Crippen molar-refractivity contribution in [1.82, 2.24) is 0 Å². The van der Waals surface area contributed by atoms with Gasteiger partial charge in [-0.25, -0.2) is 4.39 Å². The Morgan fingerprint density at radius 3 is 1.96 bits per heavy atom. The molecule has 0 saturated heterocycles. The fourth-order valence-electron chi connectivity index (χ4n) is 2.60. The van der Waals surface area contributed by atoms with Crippen LogP contribution in [0.1, 0.15) is 33.2 Å². The molecule has 5 heteroatoms. The second kappa shape index (κ2) is 8.27. The lowest BCUT2D eigenvalue weighted by Gasteiger charge is -2.09. The van der Waals surface area contributed by atoms with Gasteiger partial charge in [-0.1, -0.05) is 31.2 Å². The summed E-state index contributed by atoms with van der Waals surface area (Å²) in [6.07, 6.45) is 0.927. The normalized spacial score (nSPS) is 10.3. The summed E-state index contributed by atoms with van der Waals surface area (Å²) in [6, 6.07) is 19.6. The van der Waals surface area contributed by atoms with Crippen LogP contribution in [0.2, 0.25) is 0 Å². The molecule has 3 aromatic rings. The highest BCUT2D eigenvalue weighted by atomic mass is 19.1. The van der Waals surface area contributed by atoms with Gasteiger partial charge >= 0.3 is 0 Å². The van der Waals surface area contributed by atoms with Gasteiger partial charge in [0.2, 0.25) is 0 Å². The Balaban J connectivity index is 1.71. The van der Waals surface area contributed by atoms with Gasteiger partial charge in [0.1, 0.15) is 5.82 Å². The zero-order valence-corrected chi connectivity index (χ0v) is 14.8. The number of anilines is 2. The fraction of sp³-hybridized carbons (Fsp3) is 0.0909. The van der Waals surface area contributed by atoms with E-state index in [2.05, 4.69) is 17.6 Å². The number of hydrogen-bond donors (Lipinski definition) is 2. The van der Waals surface area contributed by atoms with Crippen LogP contribution in [0.15, 0.2) is 72.8 Å². The van der Waals surface area contributed by atoms with Crippen molar-refractivity contribution in [2.45, 2.75) is 13.3 Å². The molecular weight excluding hydrogens is 343 g/mol. The molecule has 3 rings (SSSR count). The van der Waals surface area contributed by atoms with Crippen LogP contribution in [0.4, 0.5) is 15.8 Å². The first kappa shape index (κ1) is 18.3. The Bertz CT molecular complexity index is 968. The molecule has 0 atom stereocenters. The van der Waals surface area contributed by atoms with Crippen molar-refractivity contribution in [3.8, 4) is 0 Å². The number of halogens is 1. The molecule has 3 aromatic carbocycles. The Morgan fingerprint density at radius 2 is 1.37 bits per heavy atom. The van der Waals surface area contributed by atoms with E-state index >= 15 is 0 Å². The highest BCUT2D eigenvalue weighted by Gasteiger charge is 2.11. The molecule has 0 aliphatic heterocycles. The van der Waals surface area contributed by atoms with Crippen molar-refractivity contribution < 1.29 is 14.0 Å². The monoisotopic (exact) mass is 362 g/mol. The Kier molecular flexibility index (Phi) is 5.61. The maximum absolute atomic E-state index is 13.2. The molecule has 4 nitrogen and oxygen atoms in total. The quantitative estimate of drug-likeness (QED) is 0.679. The molecule has 0 radical (unpaired) electrons. The molecule has 0 fully saturated rings. The van der Waals surface area contributed by atoms with Crippen molar-refractivity contribution in [3.63, 3.8) is 0 Å². The van der Waals surface area contributed by atoms with Gasteiger partial charge in [-0.05, 0) is 60.5 Å². The van der Waals surface area contributed by atoms with Crippen molar-refractivity contribution in [3.05, 3.63) is 95.3 Å². The minimum absolute atomic E-state index is 0.306. The molecule has 27 heavy (non-hydrogen) atoms. The van der Waals surface area contributed by atoms with Gasteiger partial charge in [0.15, 0.2) is 0 Å². The second-order valence-corrected chi connectivity index (χ2v) is 6.05. The highest BCUT2D eigenvalue weighted by molar-refractivity contribution is 6.08. The van der Waals surface area contributed by atoms with Crippen molar-refractivity contribution in [2.24, 2.45) is 0 Å². The first-order valence-corrected chi connectivity index (χ1v) is 8.62. The molecule has 0 aliphatic rings. The predicted molar refractivity (Wildman–Crippen MR) is 105 cm³/mol. The zero-order chi connectivity index (χ0) is 19.2. The summed E-state index contributed by atoms with van der Waals surface area (Å²) in [7, 11) is 0. The predicted octanol–water partition coefficient (Wildman–Crippen LogP) is 4.89. The second-order valence-electron chi connectivity index (χ2n) is 6.05. The number of rotatable bonds is 5. The first-order chi connectivity index (χ1) is 13.0. The molecule has 0 unspecified atom stereocenters. The molecule has 0 aliphatic carbocycles. The summed E-state index contributed by atoms with van der Waals surface area (Å²) >= 11 is 0. The standard InChI is InChI=1S/C22H19FN2O2/c1-2-15-9-11-19(12-10-15)24-21(26)16-5-3-6-17(13-16)22(27)25-20-8-4-7-18(23)14-20/h3-14H,2H2,1H3,(H,24,26)(H,25,27). The van der Waals surface area contributed by atoms with Crippen molar-refractivity contribution in [1.29, 1.82) is 0 Å². The number of hydrogen-bond acceptors (Lipinski definition) is 2.